The van der Waals surface area contributed by atoms with Crippen LogP contribution in [0.25, 0.3) is 0 Å². The maximum Gasteiger partial charge on any atom is 0.334 e. The number of carbonyl (C=O) groups excluding carboxylic acids is 1. The molecule has 0 aliphatic carbocycles. The van der Waals surface area contributed by atoms with Crippen LogP contribution in [0.3, 0.4) is 0 Å². The van der Waals surface area contributed by atoms with Crippen LogP contribution < -0.4 is 0 Å². The van der Waals surface area contributed by atoms with E-state index in [1.165, 1.54) is 0 Å². The summed E-state index contributed by atoms with van der Waals surface area (Å²) < 4.78 is 5.04. The van der Waals surface area contributed by atoms with Gasteiger partial charge in [-0.05, 0) is 60.4 Å². The molecule has 1 N–H and O–H groups in total. The van der Waals surface area contributed by atoms with Crippen molar-refractivity contribution in [2.75, 3.05) is 13.7 Å². The van der Waals surface area contributed by atoms with Crippen LogP contribution in [0.2, 0.25) is 0 Å². The molecule has 1 saturated heterocycles. The van der Waals surface area contributed by atoms with Gasteiger partial charge in [-0.2, -0.15) is 0 Å². The van der Waals surface area contributed by atoms with Gasteiger partial charge in [0.2, 0.25) is 0 Å². The summed E-state index contributed by atoms with van der Waals surface area (Å²) >= 11 is 0. The normalized spacial score (nSPS) is 22.9. The summed E-state index contributed by atoms with van der Waals surface area (Å²) in [6.45, 7) is 10.4. The van der Waals surface area contributed by atoms with E-state index in [4.69, 9.17) is 9.84 Å². The van der Waals surface area contributed by atoms with Crippen molar-refractivity contribution in [2.45, 2.75) is 58.5 Å². The fraction of sp³-hybridized carbons (Fsp3) is 0.750. The lowest BCUT2D eigenvalue weighted by molar-refractivity contribution is -0.141. The predicted molar refractivity (Wildman–Crippen MR) is 81.0 cm³/mol. The summed E-state index contributed by atoms with van der Waals surface area (Å²) in [6, 6.07) is 0. The van der Waals surface area contributed by atoms with Gasteiger partial charge in [0.1, 0.15) is 0 Å². The molecule has 0 saturated carbocycles. The Morgan fingerprint density at radius 1 is 1.24 bits per heavy atom. The first-order chi connectivity index (χ1) is 9.51. The molecule has 21 heavy (non-hydrogen) atoms. The molecule has 5 heteroatoms. The van der Waals surface area contributed by atoms with E-state index in [2.05, 4.69) is 39.6 Å². The highest BCUT2D eigenvalue weighted by atomic mass is 16.5. The summed E-state index contributed by atoms with van der Waals surface area (Å²) in [5, 5.41) is 9.05. The average molecular weight is 297 g/mol. The van der Waals surface area contributed by atoms with Crippen LogP contribution in [0, 0.1) is 5.92 Å². The summed E-state index contributed by atoms with van der Waals surface area (Å²) in [4.78, 5) is 25.5. The van der Waals surface area contributed by atoms with Gasteiger partial charge in [0, 0.05) is 22.7 Å². The smallest absolute Gasteiger partial charge is 0.334 e. The first-order valence-corrected chi connectivity index (χ1v) is 7.37. The van der Waals surface area contributed by atoms with Crippen LogP contribution >= 0.6 is 0 Å². The minimum absolute atomic E-state index is 0.110. The summed E-state index contributed by atoms with van der Waals surface area (Å²) in [5.74, 6) is -1.73. The quantitative estimate of drug-likeness (QED) is 0.638. The molecule has 0 aromatic heterocycles. The second kappa shape index (κ2) is 6.18. The number of piperidine rings is 1. The Hall–Kier alpha value is -1.36. The second-order valence-corrected chi connectivity index (χ2v) is 6.95. The molecule has 1 aliphatic rings. The van der Waals surface area contributed by atoms with Crippen molar-refractivity contribution in [1.29, 1.82) is 0 Å². The zero-order valence-electron chi connectivity index (χ0n) is 13.9. The molecule has 0 unspecified atom stereocenters. The lowest BCUT2D eigenvalue weighted by atomic mass is 9.71. The van der Waals surface area contributed by atoms with Crippen molar-refractivity contribution in [3.63, 3.8) is 0 Å². The van der Waals surface area contributed by atoms with Crippen LogP contribution in [0.15, 0.2) is 11.6 Å². The SMILES string of the molecule is CCOC(=O)C(=CC(=O)O)C1CC(C)(C)N(C)C(C)(C)C1. The van der Waals surface area contributed by atoms with E-state index in [0.29, 0.717) is 0 Å². The zero-order chi connectivity index (χ0) is 16.4. The minimum Gasteiger partial charge on any atom is -0.478 e. The molecule has 0 aromatic carbocycles. The largest absolute Gasteiger partial charge is 0.478 e. The molecule has 0 radical (unpaired) electrons. The molecule has 0 aromatic rings. The third-order valence-corrected chi connectivity index (χ3v) is 4.54. The Kier molecular flexibility index (Phi) is 5.20. The van der Waals surface area contributed by atoms with Crippen LogP contribution in [0.5, 0.6) is 0 Å². The molecule has 1 heterocycles. The highest BCUT2D eigenvalue weighted by Gasteiger charge is 2.45. The number of carbonyl (C=O) groups is 2. The van der Waals surface area contributed by atoms with E-state index in [1.54, 1.807) is 6.92 Å². The first-order valence-electron chi connectivity index (χ1n) is 7.37. The zero-order valence-corrected chi connectivity index (χ0v) is 13.9. The lowest BCUT2D eigenvalue weighted by Crippen LogP contribution is -2.59. The fourth-order valence-electron chi connectivity index (χ4n) is 3.28. The number of aliphatic carboxylic acids is 1. The Bertz CT molecular complexity index is 433. The Balaban J connectivity index is 3.15. The summed E-state index contributed by atoms with van der Waals surface area (Å²) in [6.07, 6.45) is 2.47. The molecule has 1 fully saturated rings. The van der Waals surface area contributed by atoms with E-state index in [0.717, 1.165) is 18.9 Å². The van der Waals surface area contributed by atoms with E-state index < -0.39 is 11.9 Å². The number of hydrogen-bond acceptors (Lipinski definition) is 4. The summed E-state index contributed by atoms with van der Waals surface area (Å²) in [5.41, 5.74) is 0.0473. The molecule has 0 amide bonds. The molecule has 0 bridgehead atoms. The van der Waals surface area contributed by atoms with Gasteiger partial charge in [-0.3, -0.25) is 4.90 Å². The Labute approximate surface area is 127 Å². The Morgan fingerprint density at radius 2 is 1.71 bits per heavy atom. The topological polar surface area (TPSA) is 66.8 Å². The van der Waals surface area contributed by atoms with Crippen molar-refractivity contribution in [3.8, 4) is 0 Å². The highest BCUT2D eigenvalue weighted by molar-refractivity contribution is 5.96. The lowest BCUT2D eigenvalue weighted by Gasteiger charge is -2.53. The van der Waals surface area contributed by atoms with E-state index in [1.807, 2.05) is 0 Å². The number of carboxylic acid groups (broad SMARTS) is 1. The molecule has 120 valence electrons. The average Bonchev–Trinajstić information content (AvgIpc) is 2.32. The molecule has 0 spiro atoms. The van der Waals surface area contributed by atoms with Gasteiger partial charge in [0.15, 0.2) is 0 Å². The van der Waals surface area contributed by atoms with Gasteiger partial charge in [-0.1, -0.05) is 0 Å². The molecule has 5 nitrogen and oxygen atoms in total. The third-order valence-electron chi connectivity index (χ3n) is 4.54. The van der Waals surface area contributed by atoms with E-state index in [-0.39, 0.29) is 29.2 Å². The summed E-state index contributed by atoms with van der Waals surface area (Å²) in [7, 11) is 2.07. The second-order valence-electron chi connectivity index (χ2n) is 6.95. The number of nitrogens with zero attached hydrogens (tertiary/aromatic N) is 1. The number of likely N-dealkylation sites (tertiary alicyclic amines) is 1. The van der Waals surface area contributed by atoms with Crippen molar-refractivity contribution < 1.29 is 19.4 Å². The minimum atomic E-state index is -1.10. The van der Waals surface area contributed by atoms with Crippen molar-refractivity contribution in [3.05, 3.63) is 11.6 Å². The fourth-order valence-corrected chi connectivity index (χ4v) is 3.28. The van der Waals surface area contributed by atoms with Crippen molar-refractivity contribution in [1.82, 2.24) is 4.90 Å². The number of esters is 1. The van der Waals surface area contributed by atoms with E-state index in [9.17, 15) is 9.59 Å². The standard InChI is InChI=1S/C16H27NO4/c1-7-21-14(20)12(8-13(18)19)11-9-15(2,3)17(6)16(4,5)10-11/h8,11H,7,9-10H2,1-6H3,(H,18,19). The van der Waals surface area contributed by atoms with Gasteiger partial charge in [0.05, 0.1) is 6.61 Å². The van der Waals surface area contributed by atoms with E-state index >= 15 is 0 Å². The maximum absolute atomic E-state index is 12.1. The van der Waals surface area contributed by atoms with Crippen LogP contribution in [-0.4, -0.2) is 46.7 Å². The monoisotopic (exact) mass is 297 g/mol. The molecular weight excluding hydrogens is 270 g/mol. The predicted octanol–water partition coefficient (Wildman–Crippen LogP) is 2.46. The third kappa shape index (κ3) is 4.06. The molecular formula is C16H27NO4. The van der Waals surface area contributed by atoms with Crippen molar-refractivity contribution >= 4 is 11.9 Å². The van der Waals surface area contributed by atoms with Crippen molar-refractivity contribution in [2.24, 2.45) is 5.92 Å². The number of carboxylic acids is 1. The number of rotatable bonds is 4. The highest BCUT2D eigenvalue weighted by Crippen LogP contribution is 2.43. The van der Waals surface area contributed by atoms with Crippen LogP contribution in [-0.2, 0) is 14.3 Å². The molecule has 0 atom stereocenters. The van der Waals surface area contributed by atoms with Crippen LogP contribution in [0.4, 0.5) is 0 Å². The Morgan fingerprint density at radius 3 is 2.10 bits per heavy atom. The first kappa shape index (κ1) is 17.7. The van der Waals surface area contributed by atoms with Gasteiger partial charge in [0.25, 0.3) is 0 Å². The van der Waals surface area contributed by atoms with Gasteiger partial charge in [-0.25, -0.2) is 9.59 Å². The van der Waals surface area contributed by atoms with Gasteiger partial charge in [-0.15, -0.1) is 0 Å². The number of hydrogen-bond donors (Lipinski definition) is 1. The molecule has 1 rings (SSSR count). The van der Waals surface area contributed by atoms with Gasteiger partial charge >= 0.3 is 11.9 Å². The number of ether oxygens (including phenoxy) is 1. The van der Waals surface area contributed by atoms with Gasteiger partial charge < -0.3 is 9.84 Å². The molecule has 1 aliphatic heterocycles. The van der Waals surface area contributed by atoms with Crippen LogP contribution in [0.1, 0.15) is 47.5 Å². The maximum atomic E-state index is 12.1.